The quantitative estimate of drug-likeness (QED) is 0.732. The summed E-state index contributed by atoms with van der Waals surface area (Å²) in [6.45, 7) is 0. The molecule has 1 N–H and O–H groups in total. The molecule has 0 spiro atoms. The van der Waals surface area contributed by atoms with E-state index in [4.69, 9.17) is 0 Å². The molecule has 0 fully saturated rings. The van der Waals surface area contributed by atoms with Crippen molar-refractivity contribution in [2.75, 3.05) is 5.75 Å². The number of nitrogens with one attached hydrogen (secondary N) is 1. The van der Waals surface area contributed by atoms with Crippen LogP contribution in [-0.4, -0.2) is 28.8 Å². The Morgan fingerprint density at radius 2 is 1.12 bits per heavy atom. The first-order valence-electron chi connectivity index (χ1n) is 5.85. The lowest BCUT2D eigenvalue weighted by molar-refractivity contribution is -0.143. The maximum atomic E-state index is 12.6. The van der Waals surface area contributed by atoms with E-state index in [1.54, 1.807) is 0 Å². The lowest BCUT2D eigenvalue weighted by Crippen LogP contribution is -2.37. The molecule has 16 heteroatoms. The monoisotopic (exact) mass is 439 g/mol. The first-order valence-corrected chi connectivity index (χ1v) is 8.99. The minimum atomic E-state index is -5.69. The van der Waals surface area contributed by atoms with Crippen LogP contribution in [0.4, 0.5) is 39.5 Å². The molecule has 0 radical (unpaired) electrons. The Labute approximate surface area is 139 Å². The molecule has 1 aromatic rings. The number of rotatable bonds is 4. The van der Waals surface area contributed by atoms with Gasteiger partial charge < -0.3 is 0 Å². The fourth-order valence-electron chi connectivity index (χ4n) is 1.54. The van der Waals surface area contributed by atoms with Crippen LogP contribution in [-0.2, 0) is 32.4 Å². The van der Waals surface area contributed by atoms with Crippen molar-refractivity contribution in [1.29, 1.82) is 0 Å². The van der Waals surface area contributed by atoms with Crippen molar-refractivity contribution >= 4 is 20.0 Å². The number of hydrogen-bond acceptors (Lipinski definition) is 4. The number of hydrogen-bond donors (Lipinski definition) is 1. The standard InChI is InChI=1S/C10H6F9NO4S2/c11-8(12,13)4-25(21,22)20-26(23,24)7-2-5(9(14,15)16)1-6(3-7)10(17,18)19/h1-3,20H,4H2. The van der Waals surface area contributed by atoms with E-state index in [-0.39, 0.29) is 12.1 Å². The molecule has 5 nitrogen and oxygen atoms in total. The molecule has 0 amide bonds. The molecule has 0 aliphatic rings. The molecule has 0 aromatic heterocycles. The average molecular weight is 439 g/mol. The Morgan fingerprint density at radius 1 is 0.731 bits per heavy atom. The Kier molecular flexibility index (Phi) is 5.67. The molecule has 0 aliphatic heterocycles. The number of benzene rings is 1. The SMILES string of the molecule is O=S(=O)(CC(F)(F)F)NS(=O)(=O)c1cc(C(F)(F)F)cc(C(F)(F)F)c1. The second-order valence-electron chi connectivity index (χ2n) is 4.70. The first-order chi connectivity index (χ1) is 11.2. The third-order valence-electron chi connectivity index (χ3n) is 2.46. The Bertz CT molecular complexity index is 850. The van der Waals surface area contributed by atoms with Crippen molar-refractivity contribution in [3.63, 3.8) is 0 Å². The summed E-state index contributed by atoms with van der Waals surface area (Å²) in [5.41, 5.74) is -4.19. The predicted octanol–water partition coefficient (Wildman–Crippen LogP) is 2.89. The zero-order valence-corrected chi connectivity index (χ0v) is 13.4. The topological polar surface area (TPSA) is 80.3 Å². The van der Waals surface area contributed by atoms with Crippen molar-refractivity contribution in [3.05, 3.63) is 29.3 Å². The lowest BCUT2D eigenvalue weighted by atomic mass is 10.1. The number of sulfonamides is 2. The predicted molar refractivity (Wildman–Crippen MR) is 66.6 cm³/mol. The zero-order chi connectivity index (χ0) is 20.8. The molecule has 1 rings (SSSR count). The van der Waals surface area contributed by atoms with Gasteiger partial charge in [0.25, 0.3) is 10.0 Å². The van der Waals surface area contributed by atoms with E-state index >= 15 is 0 Å². The summed E-state index contributed by atoms with van der Waals surface area (Å²) in [7, 11) is -11.4. The van der Waals surface area contributed by atoms with Crippen molar-refractivity contribution in [1.82, 2.24) is 4.13 Å². The third-order valence-corrected chi connectivity index (χ3v) is 5.92. The average Bonchev–Trinajstić information content (AvgIpc) is 2.31. The van der Waals surface area contributed by atoms with Gasteiger partial charge in [-0.25, -0.2) is 16.8 Å². The van der Waals surface area contributed by atoms with Gasteiger partial charge >= 0.3 is 18.5 Å². The van der Waals surface area contributed by atoms with Crippen LogP contribution in [0.5, 0.6) is 0 Å². The fraction of sp³-hybridized carbons (Fsp3) is 0.400. The van der Waals surface area contributed by atoms with Crippen molar-refractivity contribution in [2.24, 2.45) is 0 Å². The van der Waals surface area contributed by atoms with Gasteiger partial charge in [-0.2, -0.15) is 39.5 Å². The summed E-state index contributed by atoms with van der Waals surface area (Å²) in [6.07, 6.45) is -16.3. The van der Waals surface area contributed by atoms with Crippen LogP contribution in [0.15, 0.2) is 23.1 Å². The number of halogens is 9. The normalized spacial score (nSPS) is 14.5. The van der Waals surface area contributed by atoms with Gasteiger partial charge in [-0.3, -0.25) is 0 Å². The fourth-order valence-corrected chi connectivity index (χ4v) is 4.49. The molecule has 0 heterocycles. The van der Waals surface area contributed by atoms with Gasteiger partial charge in [0, 0.05) is 0 Å². The Hall–Kier alpha value is -1.55. The van der Waals surface area contributed by atoms with Crippen molar-refractivity contribution in [2.45, 2.75) is 23.4 Å². The molecular weight excluding hydrogens is 433 g/mol. The van der Waals surface area contributed by atoms with E-state index in [0.717, 1.165) is 0 Å². The van der Waals surface area contributed by atoms with Gasteiger partial charge in [-0.05, 0) is 18.2 Å². The molecular formula is C10H6F9NO4S2. The highest BCUT2D eigenvalue weighted by molar-refractivity contribution is 8.04. The van der Waals surface area contributed by atoms with Crippen LogP contribution >= 0.6 is 0 Å². The molecule has 0 atom stereocenters. The summed E-state index contributed by atoms with van der Waals surface area (Å²) < 4.78 is 158. The molecule has 26 heavy (non-hydrogen) atoms. The van der Waals surface area contributed by atoms with Crippen LogP contribution < -0.4 is 4.13 Å². The van der Waals surface area contributed by atoms with E-state index in [1.165, 1.54) is 0 Å². The summed E-state index contributed by atoms with van der Waals surface area (Å²) in [5.74, 6) is -2.72. The van der Waals surface area contributed by atoms with Gasteiger partial charge in [-0.1, -0.05) is 0 Å². The molecule has 0 unspecified atom stereocenters. The molecule has 150 valence electrons. The Morgan fingerprint density at radius 3 is 1.42 bits per heavy atom. The highest BCUT2D eigenvalue weighted by Gasteiger charge is 2.40. The second-order valence-corrected chi connectivity index (χ2v) is 8.37. The van der Waals surface area contributed by atoms with Gasteiger partial charge in [0.1, 0.15) is 0 Å². The third kappa shape index (κ3) is 6.31. The van der Waals surface area contributed by atoms with Crippen LogP contribution in [0.1, 0.15) is 11.1 Å². The molecule has 0 saturated carbocycles. The molecule has 0 bridgehead atoms. The van der Waals surface area contributed by atoms with E-state index < -0.39 is 66.4 Å². The van der Waals surface area contributed by atoms with E-state index in [2.05, 4.69) is 0 Å². The van der Waals surface area contributed by atoms with Crippen LogP contribution in [0, 0.1) is 0 Å². The summed E-state index contributed by atoms with van der Waals surface area (Å²) >= 11 is 0. The summed E-state index contributed by atoms with van der Waals surface area (Å²) in [5, 5.41) is 0. The van der Waals surface area contributed by atoms with Gasteiger partial charge in [0.2, 0.25) is 10.0 Å². The van der Waals surface area contributed by atoms with Crippen molar-refractivity contribution in [3.8, 4) is 0 Å². The number of alkyl halides is 9. The molecule has 1 aromatic carbocycles. The van der Waals surface area contributed by atoms with E-state index in [1.807, 2.05) is 0 Å². The molecule has 0 saturated heterocycles. The van der Waals surface area contributed by atoms with Gasteiger partial charge in [0.05, 0.1) is 16.0 Å². The van der Waals surface area contributed by atoms with E-state index in [9.17, 15) is 56.3 Å². The van der Waals surface area contributed by atoms with E-state index in [0.29, 0.717) is 4.13 Å². The van der Waals surface area contributed by atoms with Crippen LogP contribution in [0.3, 0.4) is 0 Å². The zero-order valence-electron chi connectivity index (χ0n) is 11.8. The Balaban J connectivity index is 3.49. The smallest absolute Gasteiger partial charge is 0.211 e. The van der Waals surface area contributed by atoms with Gasteiger partial charge in [-0.15, -0.1) is 4.13 Å². The second kappa shape index (κ2) is 6.56. The highest BCUT2D eigenvalue weighted by atomic mass is 32.3. The molecule has 0 aliphatic carbocycles. The lowest BCUT2D eigenvalue weighted by Gasteiger charge is -2.15. The first kappa shape index (κ1) is 22.5. The minimum Gasteiger partial charge on any atom is -0.211 e. The maximum absolute atomic E-state index is 12.6. The summed E-state index contributed by atoms with van der Waals surface area (Å²) in [4.78, 5) is -1.83. The highest BCUT2D eigenvalue weighted by Crippen LogP contribution is 2.37. The largest absolute Gasteiger partial charge is 0.416 e. The summed E-state index contributed by atoms with van der Waals surface area (Å²) in [6, 6.07) is -1.13. The van der Waals surface area contributed by atoms with Gasteiger partial charge in [0.15, 0.2) is 5.75 Å². The van der Waals surface area contributed by atoms with Crippen LogP contribution in [0.2, 0.25) is 0 Å². The van der Waals surface area contributed by atoms with Crippen LogP contribution in [0.25, 0.3) is 0 Å². The minimum absolute atomic E-state index is 0.347. The van der Waals surface area contributed by atoms with Crippen molar-refractivity contribution < 1.29 is 56.3 Å². The maximum Gasteiger partial charge on any atom is 0.416 e.